The number of benzene rings is 1. The van der Waals surface area contributed by atoms with Crippen LogP contribution in [0.2, 0.25) is 0 Å². The Morgan fingerprint density at radius 3 is 2.15 bits per heavy atom. The molecule has 0 saturated carbocycles. The van der Waals surface area contributed by atoms with E-state index in [2.05, 4.69) is 5.32 Å². The monoisotopic (exact) mass is 297 g/mol. The molecular weight excluding hydrogens is 278 g/mol. The summed E-state index contributed by atoms with van der Waals surface area (Å²) in [5, 5.41) is 2.77. The molecule has 0 aromatic heterocycles. The molecule has 20 heavy (non-hydrogen) atoms. The predicted octanol–water partition coefficient (Wildman–Crippen LogP) is 2.76. The quantitative estimate of drug-likeness (QED) is 0.687. The maximum Gasteiger partial charge on any atom is 0.339 e. The van der Waals surface area contributed by atoms with Crippen LogP contribution in [0.4, 0.5) is 0 Å². The largest absolute Gasteiger partial charge is 0.444 e. The Kier molecular flexibility index (Phi) is 5.17. The van der Waals surface area contributed by atoms with Gasteiger partial charge in [-0.25, -0.2) is 4.79 Å². The molecule has 1 amide bonds. The van der Waals surface area contributed by atoms with E-state index in [0.717, 1.165) is 0 Å². The van der Waals surface area contributed by atoms with Crippen molar-refractivity contribution in [2.45, 2.75) is 38.8 Å². The smallest absolute Gasteiger partial charge is 0.339 e. The minimum absolute atomic E-state index is 0.118. The average Bonchev–Trinajstić information content (AvgIpc) is 2.37. The highest BCUT2D eigenvalue weighted by Crippen LogP contribution is 2.18. The van der Waals surface area contributed by atoms with Crippen LogP contribution in [0.1, 0.15) is 38.1 Å². The summed E-state index contributed by atoms with van der Waals surface area (Å²) in [4.78, 5) is 24.2. The number of esters is 1. The number of alkyl halides is 1. The Morgan fingerprint density at radius 2 is 1.70 bits per heavy atom. The predicted molar refractivity (Wildman–Crippen MR) is 78.9 cm³/mol. The summed E-state index contributed by atoms with van der Waals surface area (Å²) in [6, 6.07) is 8.49. The van der Waals surface area contributed by atoms with Gasteiger partial charge < -0.3 is 10.1 Å². The van der Waals surface area contributed by atoms with Gasteiger partial charge in [-0.2, -0.15) is 0 Å². The van der Waals surface area contributed by atoms with Gasteiger partial charge in [0.15, 0.2) is 0 Å². The zero-order valence-electron chi connectivity index (χ0n) is 12.2. The van der Waals surface area contributed by atoms with Crippen LogP contribution in [0.15, 0.2) is 30.3 Å². The Hall–Kier alpha value is -1.55. The van der Waals surface area contributed by atoms with E-state index < -0.39 is 23.0 Å². The first-order valence-electron chi connectivity index (χ1n) is 6.35. The summed E-state index contributed by atoms with van der Waals surface area (Å²) in [5.74, 6) is -1.10. The fraction of sp³-hybridized carbons (Fsp3) is 0.467. The van der Waals surface area contributed by atoms with Gasteiger partial charge in [0.2, 0.25) is 5.60 Å². The Labute approximate surface area is 124 Å². The number of ether oxygens (including phenoxy) is 1. The van der Waals surface area contributed by atoms with E-state index in [1.807, 2.05) is 20.8 Å². The minimum atomic E-state index is -1.40. The van der Waals surface area contributed by atoms with Crippen LogP contribution in [-0.4, -0.2) is 28.9 Å². The lowest BCUT2D eigenvalue weighted by Crippen LogP contribution is -2.54. The van der Waals surface area contributed by atoms with Crippen LogP contribution in [0.3, 0.4) is 0 Å². The molecule has 0 aliphatic heterocycles. The zero-order valence-corrected chi connectivity index (χ0v) is 13.0. The lowest BCUT2D eigenvalue weighted by molar-refractivity contribution is -0.138. The maximum absolute atomic E-state index is 12.2. The van der Waals surface area contributed by atoms with Crippen molar-refractivity contribution in [2.24, 2.45) is 0 Å². The van der Waals surface area contributed by atoms with Crippen LogP contribution >= 0.6 is 11.6 Å². The molecular formula is C15H20ClNO3. The topological polar surface area (TPSA) is 55.4 Å². The molecule has 0 radical (unpaired) electrons. The molecule has 0 heterocycles. The third-order valence-electron chi connectivity index (χ3n) is 2.55. The number of amides is 1. The molecule has 0 bridgehead atoms. The van der Waals surface area contributed by atoms with Crippen molar-refractivity contribution in [2.75, 3.05) is 5.88 Å². The van der Waals surface area contributed by atoms with Crippen LogP contribution in [0.25, 0.3) is 0 Å². The molecule has 1 N–H and O–H groups in total. The number of carbonyl (C=O) groups excluding carboxylic acids is 2. The van der Waals surface area contributed by atoms with Gasteiger partial charge in [0.05, 0.1) is 11.4 Å². The maximum atomic E-state index is 12.2. The minimum Gasteiger partial charge on any atom is -0.444 e. The molecule has 1 aromatic rings. The van der Waals surface area contributed by atoms with Crippen molar-refractivity contribution in [3.05, 3.63) is 35.9 Å². The molecule has 0 fully saturated rings. The van der Waals surface area contributed by atoms with Crippen molar-refractivity contribution < 1.29 is 14.3 Å². The van der Waals surface area contributed by atoms with Crippen molar-refractivity contribution in [3.63, 3.8) is 0 Å². The van der Waals surface area contributed by atoms with Gasteiger partial charge in [-0.3, -0.25) is 4.79 Å². The molecule has 1 unspecified atom stereocenters. The van der Waals surface area contributed by atoms with E-state index in [1.54, 1.807) is 30.3 Å². The zero-order chi connectivity index (χ0) is 15.4. The van der Waals surface area contributed by atoms with E-state index in [-0.39, 0.29) is 5.88 Å². The van der Waals surface area contributed by atoms with Gasteiger partial charge >= 0.3 is 5.97 Å². The van der Waals surface area contributed by atoms with Crippen molar-refractivity contribution in [1.29, 1.82) is 0 Å². The van der Waals surface area contributed by atoms with Crippen molar-refractivity contribution in [1.82, 2.24) is 5.32 Å². The van der Waals surface area contributed by atoms with Gasteiger partial charge in [0, 0.05) is 5.54 Å². The molecule has 0 aliphatic rings. The van der Waals surface area contributed by atoms with E-state index >= 15 is 0 Å². The fourth-order valence-electron chi connectivity index (χ4n) is 1.44. The number of carbonyl (C=O) groups is 2. The highest BCUT2D eigenvalue weighted by Gasteiger charge is 2.38. The summed E-state index contributed by atoms with van der Waals surface area (Å²) in [5.41, 5.74) is -1.45. The van der Waals surface area contributed by atoms with Crippen LogP contribution < -0.4 is 5.32 Å². The molecule has 0 aliphatic carbocycles. The highest BCUT2D eigenvalue weighted by atomic mass is 35.5. The van der Waals surface area contributed by atoms with E-state index in [1.165, 1.54) is 6.92 Å². The summed E-state index contributed by atoms with van der Waals surface area (Å²) in [7, 11) is 0. The van der Waals surface area contributed by atoms with E-state index in [9.17, 15) is 9.59 Å². The standard InChI is InChI=1S/C15H20ClNO3/c1-14(2,3)17-13(19)15(4,10-16)20-12(18)11-8-6-5-7-9-11/h5-9H,10H2,1-4H3,(H,17,19). The Balaban J connectivity index is 2.85. The van der Waals surface area contributed by atoms with Gasteiger partial charge in [-0.15, -0.1) is 11.6 Å². The molecule has 0 saturated heterocycles. The Bertz CT molecular complexity index is 482. The second-order valence-corrected chi connectivity index (χ2v) is 6.09. The van der Waals surface area contributed by atoms with Crippen LogP contribution in [0, 0.1) is 0 Å². The molecule has 5 heteroatoms. The van der Waals surface area contributed by atoms with Gasteiger partial charge in [0.25, 0.3) is 5.91 Å². The Morgan fingerprint density at radius 1 is 1.15 bits per heavy atom. The summed E-state index contributed by atoms with van der Waals surface area (Å²) in [6.07, 6.45) is 0. The summed E-state index contributed by atoms with van der Waals surface area (Å²) < 4.78 is 5.30. The van der Waals surface area contributed by atoms with Gasteiger partial charge in [0.1, 0.15) is 0 Å². The second-order valence-electron chi connectivity index (χ2n) is 5.82. The van der Waals surface area contributed by atoms with E-state index in [0.29, 0.717) is 5.56 Å². The number of halogens is 1. The van der Waals surface area contributed by atoms with Crippen LogP contribution in [0.5, 0.6) is 0 Å². The van der Waals surface area contributed by atoms with Gasteiger partial charge in [-0.1, -0.05) is 18.2 Å². The first-order chi connectivity index (χ1) is 9.18. The number of rotatable bonds is 4. The molecule has 4 nitrogen and oxygen atoms in total. The van der Waals surface area contributed by atoms with Gasteiger partial charge in [-0.05, 0) is 39.8 Å². The SMILES string of the molecule is CC(C)(C)NC(=O)C(C)(CCl)OC(=O)c1ccccc1. The molecule has 1 rings (SSSR count). The molecule has 110 valence electrons. The third kappa shape index (κ3) is 4.53. The summed E-state index contributed by atoms with van der Waals surface area (Å²) >= 11 is 5.83. The average molecular weight is 298 g/mol. The van der Waals surface area contributed by atoms with Crippen molar-refractivity contribution in [3.8, 4) is 0 Å². The summed E-state index contributed by atoms with van der Waals surface area (Å²) in [6.45, 7) is 7.04. The molecule has 0 spiro atoms. The lowest BCUT2D eigenvalue weighted by atomic mass is 10.0. The second kappa shape index (κ2) is 6.27. The first-order valence-corrected chi connectivity index (χ1v) is 6.88. The first kappa shape index (κ1) is 16.5. The third-order valence-corrected chi connectivity index (χ3v) is 3.06. The number of hydrogen-bond donors (Lipinski definition) is 1. The normalized spacial score (nSPS) is 14.2. The van der Waals surface area contributed by atoms with E-state index in [4.69, 9.17) is 16.3 Å². The fourth-order valence-corrected chi connectivity index (χ4v) is 1.62. The molecule has 1 aromatic carbocycles. The lowest BCUT2D eigenvalue weighted by Gasteiger charge is -2.30. The van der Waals surface area contributed by atoms with Crippen LogP contribution in [-0.2, 0) is 9.53 Å². The molecule has 1 atom stereocenters. The number of hydrogen-bond acceptors (Lipinski definition) is 3. The van der Waals surface area contributed by atoms with Crippen molar-refractivity contribution >= 4 is 23.5 Å². The number of nitrogens with one attached hydrogen (secondary N) is 1. The highest BCUT2D eigenvalue weighted by molar-refractivity contribution is 6.20.